The van der Waals surface area contributed by atoms with Crippen molar-refractivity contribution in [3.05, 3.63) is 34.6 Å². The third-order valence-corrected chi connectivity index (χ3v) is 4.34. The van der Waals surface area contributed by atoms with Crippen LogP contribution in [-0.4, -0.2) is 28.5 Å². The van der Waals surface area contributed by atoms with Crippen molar-refractivity contribution in [1.82, 2.24) is 5.32 Å². The van der Waals surface area contributed by atoms with E-state index in [-0.39, 0.29) is 12.1 Å². The van der Waals surface area contributed by atoms with E-state index in [4.69, 9.17) is 4.43 Å². The summed E-state index contributed by atoms with van der Waals surface area (Å²) in [4.78, 5) is 11.6. The molecule has 0 unspecified atom stereocenters. The minimum Gasteiger partial charge on any atom is -0.423 e. The number of benzene rings is 1. The molecule has 22 heavy (non-hydrogen) atoms. The van der Waals surface area contributed by atoms with Crippen LogP contribution in [0.3, 0.4) is 0 Å². The van der Waals surface area contributed by atoms with E-state index >= 15 is 0 Å². The number of nitrogens with one attached hydrogen (secondary N) is 1. The largest absolute Gasteiger partial charge is 0.423 e. The maximum atomic E-state index is 13.4. The van der Waals surface area contributed by atoms with E-state index < -0.39 is 40.6 Å². The topological polar surface area (TPSA) is 38.3 Å². The molecule has 0 aliphatic carbocycles. The van der Waals surface area contributed by atoms with Gasteiger partial charge in [0.25, 0.3) is 5.91 Å². The number of carbonyl (C=O) groups is 1. The van der Waals surface area contributed by atoms with Gasteiger partial charge in [0.1, 0.15) is 16.0 Å². The molecule has 1 N–H and O–H groups in total. The highest BCUT2D eigenvalue weighted by Crippen LogP contribution is 2.23. The lowest BCUT2D eigenvalue weighted by Gasteiger charge is -2.23. The molecule has 1 rings (SSSR count). The lowest BCUT2D eigenvalue weighted by molar-refractivity contribution is 0.0920. The lowest BCUT2D eigenvalue weighted by atomic mass is 10.0. The molecule has 0 fully saturated rings. The molecule has 0 heterocycles. The van der Waals surface area contributed by atoms with Crippen molar-refractivity contribution in [2.45, 2.75) is 32.3 Å². The van der Waals surface area contributed by atoms with Gasteiger partial charge in [-0.25, -0.2) is 22.0 Å². The van der Waals surface area contributed by atoms with Crippen LogP contribution in [0.4, 0.5) is 22.0 Å². The van der Waals surface area contributed by atoms with Gasteiger partial charge >= 0.3 is 0 Å². The Morgan fingerprint density at radius 3 is 1.95 bits per heavy atom. The number of carbonyl (C=O) groups excluding carboxylic acids is 1. The van der Waals surface area contributed by atoms with Gasteiger partial charge in [0.2, 0.25) is 5.82 Å². The quantitative estimate of drug-likeness (QED) is 0.282. The Kier molecular flexibility index (Phi) is 6.06. The molecule has 124 valence electrons. The van der Waals surface area contributed by atoms with Crippen LogP contribution in [0.25, 0.3) is 0 Å². The van der Waals surface area contributed by atoms with Gasteiger partial charge < -0.3 is 9.74 Å². The van der Waals surface area contributed by atoms with Gasteiger partial charge in [-0.1, -0.05) is 0 Å². The van der Waals surface area contributed by atoms with E-state index in [0.717, 1.165) is 0 Å². The molecule has 0 radical (unpaired) electrons. The van der Waals surface area contributed by atoms with E-state index in [2.05, 4.69) is 5.32 Å². The normalized spacial score (nSPS) is 11.8. The van der Waals surface area contributed by atoms with Crippen LogP contribution in [0.5, 0.6) is 0 Å². The van der Waals surface area contributed by atoms with Gasteiger partial charge in [-0.15, -0.1) is 0 Å². The molecule has 0 saturated heterocycles. The van der Waals surface area contributed by atoms with Crippen LogP contribution in [0.1, 0.15) is 37.0 Å². The van der Waals surface area contributed by atoms with Gasteiger partial charge in [-0.3, -0.25) is 4.79 Å². The van der Waals surface area contributed by atoms with Gasteiger partial charge in [-0.2, -0.15) is 0 Å². The van der Waals surface area contributed by atoms with Crippen LogP contribution in [0.15, 0.2) is 0 Å². The highest BCUT2D eigenvalue weighted by atomic mass is 28.2. The highest BCUT2D eigenvalue weighted by molar-refractivity contribution is 5.98. The molecule has 0 aliphatic heterocycles. The average Bonchev–Trinajstić information content (AvgIpc) is 2.48. The van der Waals surface area contributed by atoms with E-state index in [1.807, 2.05) is 13.8 Å². The molecule has 9 heteroatoms. The van der Waals surface area contributed by atoms with E-state index in [0.29, 0.717) is 23.3 Å². The highest BCUT2D eigenvalue weighted by Gasteiger charge is 2.29. The third-order valence-electron chi connectivity index (χ3n) is 3.23. The van der Waals surface area contributed by atoms with Crippen molar-refractivity contribution in [1.29, 1.82) is 0 Å². The van der Waals surface area contributed by atoms with Crippen molar-refractivity contribution in [2.75, 3.05) is 6.54 Å². The zero-order valence-corrected chi connectivity index (χ0v) is 14.3. The lowest BCUT2D eigenvalue weighted by Crippen LogP contribution is -2.30. The Morgan fingerprint density at radius 2 is 1.50 bits per heavy atom. The minimum atomic E-state index is -2.29. The number of amides is 1. The molecule has 1 aromatic rings. The fraction of sp³-hybridized carbons (Fsp3) is 0.462. The molecule has 0 aromatic heterocycles. The summed E-state index contributed by atoms with van der Waals surface area (Å²) in [6.45, 7) is 3.70. The van der Waals surface area contributed by atoms with Crippen molar-refractivity contribution in [3.8, 4) is 0 Å². The Bertz CT molecular complexity index is 551. The van der Waals surface area contributed by atoms with E-state index in [1.54, 1.807) is 0 Å². The van der Waals surface area contributed by atoms with Crippen LogP contribution >= 0.6 is 0 Å². The maximum absolute atomic E-state index is 13.4. The first-order valence-electron chi connectivity index (χ1n) is 6.47. The number of rotatable bonds is 6. The summed E-state index contributed by atoms with van der Waals surface area (Å²) in [5, 5.41) is 2.13. The van der Waals surface area contributed by atoms with Gasteiger partial charge in [0, 0.05) is 12.1 Å². The molecule has 1 aromatic carbocycles. The second-order valence-electron chi connectivity index (χ2n) is 5.27. The predicted octanol–water partition coefficient (Wildman–Crippen LogP) is 1.97. The first-order chi connectivity index (χ1) is 10.1. The molecule has 0 saturated carbocycles. The number of hydrogen-bond acceptors (Lipinski definition) is 2. The van der Waals surface area contributed by atoms with Crippen LogP contribution in [0, 0.1) is 29.1 Å². The molecule has 0 atom stereocenters. The Morgan fingerprint density at radius 1 is 1.05 bits per heavy atom. The Balaban J connectivity index is 2.79. The van der Waals surface area contributed by atoms with Gasteiger partial charge in [0.15, 0.2) is 23.3 Å². The van der Waals surface area contributed by atoms with Crippen LogP contribution in [0.2, 0.25) is 0 Å². The standard InChI is InChI=1S/C13H16F5NO2Si/c1-13(2,21-22)4-3-5-19-12(20)6-7(14)9(16)11(18)10(17)8(6)15/h3-5H2,1-2,22H3,(H,19,20). The van der Waals surface area contributed by atoms with Crippen LogP contribution < -0.4 is 5.32 Å². The first kappa shape index (κ1) is 18.6. The molecular weight excluding hydrogens is 325 g/mol. The first-order valence-corrected chi connectivity index (χ1v) is 7.29. The number of halogens is 5. The minimum absolute atomic E-state index is 0.0205. The summed E-state index contributed by atoms with van der Waals surface area (Å²) in [5.74, 6) is -12.2. The summed E-state index contributed by atoms with van der Waals surface area (Å²) in [5.41, 5.74) is -1.86. The number of hydrogen-bond donors (Lipinski definition) is 1. The fourth-order valence-corrected chi connectivity index (χ4v) is 1.91. The van der Waals surface area contributed by atoms with Gasteiger partial charge in [-0.05, 0) is 26.7 Å². The van der Waals surface area contributed by atoms with Crippen LogP contribution in [-0.2, 0) is 4.43 Å². The summed E-state index contributed by atoms with van der Waals surface area (Å²) in [7, 11) is 0.531. The monoisotopic (exact) mass is 341 g/mol. The molecule has 1 amide bonds. The van der Waals surface area contributed by atoms with Crippen molar-refractivity contribution in [3.63, 3.8) is 0 Å². The second kappa shape index (κ2) is 7.19. The maximum Gasteiger partial charge on any atom is 0.257 e. The SMILES string of the molecule is CC(C)(CCCNC(=O)c1c(F)c(F)c(F)c(F)c1F)O[SiH3]. The fourth-order valence-electron chi connectivity index (χ4n) is 1.71. The summed E-state index contributed by atoms with van der Waals surface area (Å²) < 4.78 is 71.0. The van der Waals surface area contributed by atoms with Gasteiger partial charge in [0.05, 0.1) is 0 Å². The summed E-state index contributed by atoms with van der Waals surface area (Å²) in [6, 6.07) is 0. The molecular formula is C13H16F5NO2Si. The average molecular weight is 341 g/mol. The zero-order chi connectivity index (χ0) is 17.1. The molecule has 3 nitrogen and oxygen atoms in total. The van der Waals surface area contributed by atoms with Crippen molar-refractivity contribution >= 4 is 16.4 Å². The predicted molar refractivity (Wildman–Crippen MR) is 72.9 cm³/mol. The molecule has 0 spiro atoms. The van der Waals surface area contributed by atoms with Crippen molar-refractivity contribution < 1.29 is 31.2 Å². The van der Waals surface area contributed by atoms with Crippen molar-refractivity contribution in [2.24, 2.45) is 0 Å². The molecule has 0 bridgehead atoms. The molecule has 0 aliphatic rings. The third kappa shape index (κ3) is 4.04. The zero-order valence-electron chi connectivity index (χ0n) is 12.3. The Labute approximate surface area is 127 Å². The summed E-state index contributed by atoms with van der Waals surface area (Å²) >= 11 is 0. The smallest absolute Gasteiger partial charge is 0.257 e. The van der Waals surface area contributed by atoms with E-state index in [1.165, 1.54) is 0 Å². The summed E-state index contributed by atoms with van der Waals surface area (Å²) in [6.07, 6.45) is 0.990. The Hall–Kier alpha value is -1.48. The van der Waals surface area contributed by atoms with E-state index in [9.17, 15) is 26.7 Å². The second-order valence-corrected chi connectivity index (χ2v) is 5.68.